The molecule has 39 heavy (non-hydrogen) atoms. The van der Waals surface area contributed by atoms with Crippen LogP contribution in [0.2, 0.25) is 0 Å². The van der Waals surface area contributed by atoms with Crippen molar-refractivity contribution in [3.63, 3.8) is 0 Å². The number of urea groups is 1. The van der Waals surface area contributed by atoms with Crippen LogP contribution in [0.4, 0.5) is 10.5 Å². The lowest BCUT2D eigenvalue weighted by molar-refractivity contribution is -0.132. The second-order valence-corrected chi connectivity index (χ2v) is 10.7. The van der Waals surface area contributed by atoms with Crippen molar-refractivity contribution in [2.45, 2.75) is 26.2 Å². The maximum absolute atomic E-state index is 13.0. The number of ether oxygens (including phenoxy) is 1. The molecule has 2 fully saturated rings. The number of carbonyl (C=O) groups is 2. The Kier molecular flexibility index (Phi) is 6.46. The maximum atomic E-state index is 13.0. The van der Waals surface area contributed by atoms with Crippen LogP contribution in [-0.2, 0) is 4.79 Å². The van der Waals surface area contributed by atoms with Crippen LogP contribution < -0.4 is 15.7 Å². The molecule has 6 rings (SSSR count). The van der Waals surface area contributed by atoms with Crippen LogP contribution in [0.5, 0.6) is 5.75 Å². The maximum Gasteiger partial charge on any atom is 0.336 e. The summed E-state index contributed by atoms with van der Waals surface area (Å²) in [4.78, 5) is 41.4. The summed E-state index contributed by atoms with van der Waals surface area (Å²) in [6.07, 6.45) is 2.66. The Labute approximate surface area is 226 Å². The van der Waals surface area contributed by atoms with Gasteiger partial charge in [-0.1, -0.05) is 36.4 Å². The number of aryl methyl sites for hydroxylation is 1. The van der Waals surface area contributed by atoms with Gasteiger partial charge in [-0.05, 0) is 60.7 Å². The number of likely N-dealkylation sites (tertiary alicyclic amines) is 2. The molecule has 0 aliphatic carbocycles. The molecule has 4 aromatic rings. The molecule has 8 heteroatoms. The van der Waals surface area contributed by atoms with Gasteiger partial charge in [0.25, 0.3) is 5.91 Å². The summed E-state index contributed by atoms with van der Waals surface area (Å²) in [6, 6.07) is 20.6. The van der Waals surface area contributed by atoms with Crippen LogP contribution in [0.3, 0.4) is 0 Å². The van der Waals surface area contributed by atoms with E-state index in [1.54, 1.807) is 12.1 Å². The Bertz CT molecular complexity index is 1610. The van der Waals surface area contributed by atoms with Gasteiger partial charge in [-0.15, -0.1) is 0 Å². The highest BCUT2D eigenvalue weighted by molar-refractivity contribution is 6.01. The Morgan fingerprint density at radius 2 is 1.67 bits per heavy atom. The number of rotatable bonds is 4. The number of hydrogen-bond acceptors (Lipinski definition) is 5. The van der Waals surface area contributed by atoms with Crippen LogP contribution >= 0.6 is 0 Å². The van der Waals surface area contributed by atoms with Gasteiger partial charge in [-0.25, -0.2) is 9.59 Å². The number of piperidine rings is 1. The number of nitrogens with one attached hydrogen (secondary N) is 1. The van der Waals surface area contributed by atoms with Crippen LogP contribution in [0, 0.1) is 12.3 Å². The molecular formula is C31H31N3O5. The molecule has 2 aliphatic rings. The first-order chi connectivity index (χ1) is 18.9. The van der Waals surface area contributed by atoms with E-state index in [1.807, 2.05) is 65.3 Å². The van der Waals surface area contributed by atoms with Gasteiger partial charge in [-0.3, -0.25) is 4.79 Å². The van der Waals surface area contributed by atoms with E-state index in [2.05, 4.69) is 5.32 Å². The van der Waals surface area contributed by atoms with Crippen LogP contribution in [-0.4, -0.2) is 54.5 Å². The third-order valence-electron chi connectivity index (χ3n) is 8.22. The zero-order valence-electron chi connectivity index (χ0n) is 21.9. The van der Waals surface area contributed by atoms with Gasteiger partial charge >= 0.3 is 11.7 Å². The third kappa shape index (κ3) is 5.06. The molecule has 3 aromatic carbocycles. The number of benzene rings is 3. The topological polar surface area (TPSA) is 92.1 Å². The van der Waals surface area contributed by atoms with E-state index >= 15 is 0 Å². The Hall–Kier alpha value is -4.33. The highest BCUT2D eigenvalue weighted by Gasteiger charge is 2.42. The minimum atomic E-state index is -0.410. The van der Waals surface area contributed by atoms with E-state index in [-0.39, 0.29) is 24.0 Å². The van der Waals surface area contributed by atoms with Gasteiger partial charge in [0.2, 0.25) is 0 Å². The molecule has 2 aliphatic heterocycles. The minimum Gasteiger partial charge on any atom is -0.484 e. The summed E-state index contributed by atoms with van der Waals surface area (Å²) in [6.45, 7) is 4.48. The lowest BCUT2D eigenvalue weighted by atomic mass is 9.78. The smallest absolute Gasteiger partial charge is 0.336 e. The molecular weight excluding hydrogens is 494 g/mol. The van der Waals surface area contributed by atoms with Crippen molar-refractivity contribution < 1.29 is 18.7 Å². The SMILES string of the molecule is Cc1cc(=O)oc2cc(OCC(=O)N3CCC4(CCN(C(=O)Nc5cccc6ccccc56)CC4)C3)ccc12. The summed E-state index contributed by atoms with van der Waals surface area (Å²) in [5, 5.41) is 6.05. The van der Waals surface area contributed by atoms with Crippen molar-refractivity contribution in [2.75, 3.05) is 38.1 Å². The van der Waals surface area contributed by atoms with Crippen LogP contribution in [0.25, 0.3) is 21.7 Å². The molecule has 0 bridgehead atoms. The van der Waals surface area contributed by atoms with E-state index in [1.165, 1.54) is 6.07 Å². The number of carbonyl (C=O) groups excluding carboxylic acids is 2. The summed E-state index contributed by atoms with van der Waals surface area (Å²) in [7, 11) is 0. The van der Waals surface area contributed by atoms with Crippen LogP contribution in [0.1, 0.15) is 24.8 Å². The minimum absolute atomic E-state index is 0.0375. The molecule has 0 saturated carbocycles. The van der Waals surface area contributed by atoms with Gasteiger partial charge in [0.15, 0.2) is 6.61 Å². The van der Waals surface area contributed by atoms with Crippen LogP contribution in [0.15, 0.2) is 75.9 Å². The summed E-state index contributed by atoms with van der Waals surface area (Å²) in [5.41, 5.74) is 1.73. The number of hydrogen-bond donors (Lipinski definition) is 1. The molecule has 3 amide bonds. The predicted molar refractivity (Wildman–Crippen MR) is 150 cm³/mol. The standard InChI is InChI=1S/C31H31N3O5/c1-21-17-29(36)39-27-18-23(9-10-24(21)27)38-19-28(35)34-16-13-31(20-34)11-14-33(15-12-31)30(37)32-26-8-4-6-22-5-2-3-7-25(22)26/h2-10,17-18H,11-16,19-20H2,1H3,(H,32,37). The van der Waals surface area contributed by atoms with E-state index in [4.69, 9.17) is 9.15 Å². The van der Waals surface area contributed by atoms with Gasteiger partial charge < -0.3 is 24.3 Å². The molecule has 8 nitrogen and oxygen atoms in total. The quantitative estimate of drug-likeness (QED) is 0.371. The fourth-order valence-corrected chi connectivity index (χ4v) is 5.90. The molecule has 2 saturated heterocycles. The first kappa shape index (κ1) is 25.0. The Morgan fingerprint density at radius 1 is 0.923 bits per heavy atom. The lowest BCUT2D eigenvalue weighted by Gasteiger charge is -2.39. The van der Waals surface area contributed by atoms with E-state index < -0.39 is 5.63 Å². The molecule has 200 valence electrons. The molecule has 1 aromatic heterocycles. The molecule has 0 radical (unpaired) electrons. The summed E-state index contributed by atoms with van der Waals surface area (Å²) < 4.78 is 11.0. The second kappa shape index (κ2) is 10.1. The molecule has 0 unspecified atom stereocenters. The van der Waals surface area contributed by atoms with Crippen molar-refractivity contribution in [2.24, 2.45) is 5.41 Å². The fraction of sp³-hybridized carbons (Fsp3) is 0.323. The Balaban J connectivity index is 1.02. The number of anilines is 1. The highest BCUT2D eigenvalue weighted by atomic mass is 16.5. The highest BCUT2D eigenvalue weighted by Crippen LogP contribution is 2.40. The third-order valence-corrected chi connectivity index (χ3v) is 8.22. The Morgan fingerprint density at radius 3 is 2.49 bits per heavy atom. The number of fused-ring (bicyclic) bond motifs is 2. The zero-order valence-corrected chi connectivity index (χ0v) is 21.9. The fourth-order valence-electron chi connectivity index (χ4n) is 5.90. The van der Waals surface area contributed by atoms with Gasteiger partial charge in [0.05, 0.1) is 5.69 Å². The monoisotopic (exact) mass is 525 g/mol. The average Bonchev–Trinajstić information content (AvgIpc) is 3.35. The van der Waals surface area contributed by atoms with Crippen molar-refractivity contribution in [1.29, 1.82) is 0 Å². The van der Waals surface area contributed by atoms with Gasteiger partial charge in [0.1, 0.15) is 11.3 Å². The van der Waals surface area contributed by atoms with Gasteiger partial charge in [-0.2, -0.15) is 0 Å². The normalized spacial score (nSPS) is 16.6. The van der Waals surface area contributed by atoms with E-state index in [0.29, 0.717) is 37.5 Å². The van der Waals surface area contributed by atoms with Crippen molar-refractivity contribution in [1.82, 2.24) is 9.80 Å². The molecule has 3 heterocycles. The number of nitrogens with zero attached hydrogens (tertiary/aromatic N) is 2. The van der Waals surface area contributed by atoms with Crippen molar-refractivity contribution in [3.05, 3.63) is 82.7 Å². The molecule has 0 atom stereocenters. The largest absolute Gasteiger partial charge is 0.484 e. The average molecular weight is 526 g/mol. The zero-order chi connectivity index (χ0) is 27.0. The van der Waals surface area contributed by atoms with E-state index in [9.17, 15) is 14.4 Å². The first-order valence-corrected chi connectivity index (χ1v) is 13.4. The second-order valence-electron chi connectivity index (χ2n) is 10.7. The van der Waals surface area contributed by atoms with Crippen molar-refractivity contribution in [3.8, 4) is 5.75 Å². The lowest BCUT2D eigenvalue weighted by Crippen LogP contribution is -2.46. The van der Waals surface area contributed by atoms with E-state index in [0.717, 1.165) is 46.7 Å². The summed E-state index contributed by atoms with van der Waals surface area (Å²) >= 11 is 0. The van der Waals surface area contributed by atoms with Crippen molar-refractivity contribution >= 4 is 39.4 Å². The summed E-state index contributed by atoms with van der Waals surface area (Å²) in [5.74, 6) is 0.429. The molecule has 1 N–H and O–H groups in total. The van der Waals surface area contributed by atoms with Gasteiger partial charge in [0, 0.05) is 49.1 Å². The first-order valence-electron chi connectivity index (χ1n) is 13.4. The predicted octanol–water partition coefficient (Wildman–Crippen LogP) is 5.18. The number of amides is 3. The molecule has 1 spiro atoms.